The second-order valence-corrected chi connectivity index (χ2v) is 6.49. The number of aryl methyl sites for hydroxylation is 1. The molecule has 0 aliphatic carbocycles. The van der Waals surface area contributed by atoms with E-state index >= 15 is 0 Å². The average molecular weight is 409 g/mol. The van der Waals surface area contributed by atoms with Crippen LogP contribution in [0.2, 0.25) is 0 Å². The molecular formula is C22H23N3O5. The topological polar surface area (TPSA) is 119 Å². The van der Waals surface area contributed by atoms with Gasteiger partial charge in [0.2, 0.25) is 5.90 Å². The highest BCUT2D eigenvalue weighted by molar-refractivity contribution is 6.00. The van der Waals surface area contributed by atoms with Crippen LogP contribution in [0.5, 0.6) is 11.5 Å². The number of methoxy groups -OCH3 is 2. The van der Waals surface area contributed by atoms with Crippen LogP contribution in [0.15, 0.2) is 54.2 Å². The zero-order valence-electron chi connectivity index (χ0n) is 16.8. The van der Waals surface area contributed by atoms with Crippen LogP contribution in [0.25, 0.3) is 16.6 Å². The minimum atomic E-state index is -0.839. The first kappa shape index (κ1) is 20.9. The number of rotatable bonds is 8. The lowest BCUT2D eigenvalue weighted by Crippen LogP contribution is -2.12. The summed E-state index contributed by atoms with van der Waals surface area (Å²) in [7, 11) is 3.09. The smallest absolute Gasteiger partial charge is 0.303 e. The van der Waals surface area contributed by atoms with Crippen molar-refractivity contribution >= 4 is 28.5 Å². The van der Waals surface area contributed by atoms with Gasteiger partial charge in [-0.1, -0.05) is 24.8 Å². The molecule has 0 saturated carbocycles. The molecule has 4 N–H and O–H groups in total. The number of aromatic amines is 1. The van der Waals surface area contributed by atoms with Crippen LogP contribution in [0.4, 0.5) is 0 Å². The Kier molecular flexibility index (Phi) is 6.38. The van der Waals surface area contributed by atoms with Crippen molar-refractivity contribution in [1.29, 1.82) is 0 Å². The van der Waals surface area contributed by atoms with Crippen molar-refractivity contribution < 1.29 is 24.2 Å². The molecule has 2 aromatic carbocycles. The van der Waals surface area contributed by atoms with Crippen molar-refractivity contribution in [2.75, 3.05) is 14.2 Å². The summed E-state index contributed by atoms with van der Waals surface area (Å²) >= 11 is 0. The minimum absolute atomic E-state index is 0.0563. The number of H-pyrrole nitrogens is 1. The maximum atomic E-state index is 10.9. The largest absolute Gasteiger partial charge is 0.493 e. The maximum Gasteiger partial charge on any atom is 0.303 e. The fraction of sp³-hybridized carbons (Fsp3) is 0.182. The molecule has 0 saturated heterocycles. The first-order valence-corrected chi connectivity index (χ1v) is 9.16. The van der Waals surface area contributed by atoms with Gasteiger partial charge in [0, 0.05) is 29.1 Å². The Morgan fingerprint density at radius 2 is 1.97 bits per heavy atom. The van der Waals surface area contributed by atoms with E-state index in [0.29, 0.717) is 29.2 Å². The zero-order chi connectivity index (χ0) is 21.7. The number of carboxylic acid groups (broad SMARTS) is 1. The number of nitrogens with two attached hydrogens (primary N) is 1. The first-order valence-electron chi connectivity index (χ1n) is 9.16. The lowest BCUT2D eigenvalue weighted by Gasteiger charge is -2.11. The molecule has 1 heterocycles. The number of aliphatic imine (C=N–C) groups is 1. The second kappa shape index (κ2) is 9.15. The molecule has 8 nitrogen and oxygen atoms in total. The van der Waals surface area contributed by atoms with Gasteiger partial charge in [-0.15, -0.1) is 0 Å². The van der Waals surface area contributed by atoms with Gasteiger partial charge in [0.15, 0.2) is 11.5 Å². The number of carbonyl (C=O) groups is 1. The zero-order valence-corrected chi connectivity index (χ0v) is 16.8. The van der Waals surface area contributed by atoms with Crippen LogP contribution < -0.4 is 15.4 Å². The van der Waals surface area contributed by atoms with E-state index in [1.807, 2.05) is 24.4 Å². The van der Waals surface area contributed by atoms with Crippen molar-refractivity contribution in [3.63, 3.8) is 0 Å². The third-order valence-corrected chi connectivity index (χ3v) is 4.70. The summed E-state index contributed by atoms with van der Waals surface area (Å²) in [6.07, 6.45) is 2.29. The number of aromatic nitrogens is 1. The molecule has 0 unspecified atom stereocenters. The van der Waals surface area contributed by atoms with Gasteiger partial charge in [-0.3, -0.25) is 4.79 Å². The number of carboxylic acids is 1. The molecule has 3 rings (SSSR count). The molecule has 0 aliphatic rings. The Hall–Kier alpha value is -3.78. The number of hydrogen-bond donors (Lipinski definition) is 3. The summed E-state index contributed by atoms with van der Waals surface area (Å²) in [6, 6.07) is 10.9. The Labute approximate surface area is 173 Å². The summed E-state index contributed by atoms with van der Waals surface area (Å²) in [5.74, 6) is 5.88. The van der Waals surface area contributed by atoms with Gasteiger partial charge in [0.05, 0.1) is 25.4 Å². The first-order chi connectivity index (χ1) is 14.5. The van der Waals surface area contributed by atoms with Gasteiger partial charge in [-0.25, -0.2) is 4.99 Å². The van der Waals surface area contributed by atoms with Gasteiger partial charge in [-0.05, 0) is 30.2 Å². The third-order valence-electron chi connectivity index (χ3n) is 4.70. The quantitative estimate of drug-likeness (QED) is 0.298. The highest BCUT2D eigenvalue weighted by Gasteiger charge is 2.14. The average Bonchev–Trinajstić information content (AvgIpc) is 3.18. The van der Waals surface area contributed by atoms with E-state index in [4.69, 9.17) is 25.3 Å². The summed E-state index contributed by atoms with van der Waals surface area (Å²) < 4.78 is 10.6. The van der Waals surface area contributed by atoms with Crippen molar-refractivity contribution in [2.24, 2.45) is 10.9 Å². The molecular weight excluding hydrogens is 386 g/mol. The van der Waals surface area contributed by atoms with E-state index in [9.17, 15) is 4.79 Å². The molecule has 0 atom stereocenters. The van der Waals surface area contributed by atoms with Crippen molar-refractivity contribution in [2.45, 2.75) is 12.8 Å². The predicted molar refractivity (Wildman–Crippen MR) is 115 cm³/mol. The van der Waals surface area contributed by atoms with E-state index in [-0.39, 0.29) is 12.3 Å². The molecule has 0 spiro atoms. The number of fused-ring (bicyclic) bond motifs is 1. The minimum Gasteiger partial charge on any atom is -0.493 e. The van der Waals surface area contributed by atoms with Crippen molar-refractivity contribution in [1.82, 2.24) is 4.98 Å². The number of benzene rings is 2. The Morgan fingerprint density at radius 3 is 2.63 bits per heavy atom. The summed E-state index contributed by atoms with van der Waals surface area (Å²) in [5.41, 5.74) is 3.51. The van der Waals surface area contributed by atoms with E-state index in [1.165, 1.54) is 7.11 Å². The normalized spacial score (nSPS) is 11.4. The highest BCUT2D eigenvalue weighted by atomic mass is 16.6. The fourth-order valence-corrected chi connectivity index (χ4v) is 3.21. The summed E-state index contributed by atoms with van der Waals surface area (Å²) in [4.78, 5) is 23.6. The lowest BCUT2D eigenvalue weighted by molar-refractivity contribution is -0.136. The molecule has 3 aromatic rings. The predicted octanol–water partition coefficient (Wildman–Crippen LogP) is 3.51. The Morgan fingerprint density at radius 1 is 1.20 bits per heavy atom. The highest BCUT2D eigenvalue weighted by Crippen LogP contribution is 2.30. The van der Waals surface area contributed by atoms with E-state index in [2.05, 4.69) is 16.6 Å². The maximum absolute atomic E-state index is 10.9. The summed E-state index contributed by atoms with van der Waals surface area (Å²) in [6.45, 7) is 4.06. The number of ether oxygens (including phenoxy) is 2. The number of hydrogen-bond acceptors (Lipinski definition) is 6. The monoisotopic (exact) mass is 409 g/mol. The van der Waals surface area contributed by atoms with Gasteiger partial charge < -0.3 is 24.4 Å². The lowest BCUT2D eigenvalue weighted by atomic mass is 10.0. The van der Waals surface area contributed by atoms with E-state index in [1.54, 1.807) is 25.3 Å². The van der Waals surface area contributed by atoms with Crippen LogP contribution in [-0.2, 0) is 16.1 Å². The molecule has 30 heavy (non-hydrogen) atoms. The number of aliphatic carboxylic acids is 1. The van der Waals surface area contributed by atoms with Crippen LogP contribution in [0.1, 0.15) is 23.1 Å². The molecule has 156 valence electrons. The number of nitrogens with zero attached hydrogens (tertiary/aromatic N) is 1. The van der Waals surface area contributed by atoms with Crippen molar-refractivity contribution in [3.8, 4) is 11.5 Å². The van der Waals surface area contributed by atoms with Gasteiger partial charge in [-0.2, -0.15) is 5.90 Å². The fourth-order valence-electron chi connectivity index (χ4n) is 3.21. The van der Waals surface area contributed by atoms with Gasteiger partial charge in [0.1, 0.15) is 0 Å². The Balaban J connectivity index is 1.96. The SMILES string of the molecule is C=C(N=C(ON)c1ccc(OC)c(OC)c1)c1cccc2c(CCC(=O)O)c[nH]c12. The van der Waals surface area contributed by atoms with Crippen LogP contribution >= 0.6 is 0 Å². The molecule has 0 aliphatic heterocycles. The second-order valence-electron chi connectivity index (χ2n) is 6.49. The van der Waals surface area contributed by atoms with Gasteiger partial charge in [0.25, 0.3) is 0 Å². The molecule has 0 amide bonds. The van der Waals surface area contributed by atoms with Crippen LogP contribution in [0.3, 0.4) is 0 Å². The Bertz CT molecular complexity index is 1120. The summed E-state index contributed by atoms with van der Waals surface area (Å²) in [5, 5.41) is 9.87. The van der Waals surface area contributed by atoms with E-state index < -0.39 is 5.97 Å². The van der Waals surface area contributed by atoms with Crippen molar-refractivity contribution in [3.05, 3.63) is 65.9 Å². The molecule has 0 fully saturated rings. The standard InChI is InChI=1S/C22H23N3O5/c1-13(25-22(30-23)14-7-9-18(28-2)19(11-14)29-3)16-5-4-6-17-15(8-10-20(26)27)12-24-21(16)17/h4-7,9,11-12,24H,1,8,10,23H2,2-3H3,(H,26,27). The molecule has 0 bridgehead atoms. The molecule has 8 heteroatoms. The third kappa shape index (κ3) is 4.28. The molecule has 1 aromatic heterocycles. The molecule has 0 radical (unpaired) electrons. The van der Waals surface area contributed by atoms with Crippen LogP contribution in [0, 0.1) is 0 Å². The number of nitrogens with one attached hydrogen (secondary N) is 1. The van der Waals surface area contributed by atoms with Gasteiger partial charge >= 0.3 is 5.97 Å². The van der Waals surface area contributed by atoms with Crippen LogP contribution in [-0.4, -0.2) is 36.2 Å². The van der Waals surface area contributed by atoms with E-state index in [0.717, 1.165) is 22.0 Å². The number of para-hydroxylation sites is 1.